The summed E-state index contributed by atoms with van der Waals surface area (Å²) in [4.78, 5) is 7.07. The Hall–Kier alpha value is -0.687. The summed E-state index contributed by atoms with van der Waals surface area (Å²) in [6.07, 6.45) is 1.70. The van der Waals surface area contributed by atoms with Gasteiger partial charge in [0.25, 0.3) is 0 Å². The average Bonchev–Trinajstić information content (AvgIpc) is 2.33. The molecule has 3 heteroatoms. The van der Waals surface area contributed by atoms with E-state index < -0.39 is 0 Å². The number of imidazole rings is 1. The third-order valence-electron chi connectivity index (χ3n) is 1.33. The second-order valence-electron chi connectivity index (χ2n) is 1.92. The molecule has 0 spiro atoms. The Morgan fingerprint density at radius 1 is 1.20 bits per heavy atom. The summed E-state index contributed by atoms with van der Waals surface area (Å²) in [5.41, 5.74) is 2.12. The van der Waals surface area contributed by atoms with E-state index in [4.69, 9.17) is 0 Å². The molecule has 0 aliphatic carbocycles. The van der Waals surface area contributed by atoms with E-state index in [0.717, 1.165) is 11.0 Å². The molecule has 1 heterocycles. The van der Waals surface area contributed by atoms with Crippen molar-refractivity contribution < 1.29 is 19.5 Å². The molecule has 0 aliphatic rings. The summed E-state index contributed by atoms with van der Waals surface area (Å²) >= 11 is 0. The molecule has 10 heavy (non-hydrogen) atoms. The van der Waals surface area contributed by atoms with Gasteiger partial charge in [0.15, 0.2) is 0 Å². The molecule has 2 rings (SSSR count). The Labute approximate surface area is 71.4 Å². The maximum absolute atomic E-state index is 4.06. The average molecular weight is 184 g/mol. The second-order valence-corrected chi connectivity index (χ2v) is 1.92. The van der Waals surface area contributed by atoms with E-state index in [2.05, 4.69) is 9.97 Å². The van der Waals surface area contributed by atoms with E-state index in [-0.39, 0.29) is 19.5 Å². The molecule has 0 amide bonds. The normalized spacial score (nSPS) is 9.20. The number of aromatic nitrogens is 2. The molecule has 2 aromatic rings. The van der Waals surface area contributed by atoms with Crippen LogP contribution < -0.4 is 0 Å². The van der Waals surface area contributed by atoms with Crippen molar-refractivity contribution in [1.82, 2.24) is 9.97 Å². The first-order chi connectivity index (χ1) is 4.47. The van der Waals surface area contributed by atoms with Crippen LogP contribution in [0.2, 0.25) is 0 Å². The Bertz CT molecular complexity index is 286. The summed E-state index contributed by atoms with van der Waals surface area (Å²) in [5, 5.41) is 0. The number of H-pyrrole nitrogens is 1. The molecular weight excluding hydrogens is 177 g/mol. The zero-order chi connectivity index (χ0) is 6.10. The van der Waals surface area contributed by atoms with Gasteiger partial charge in [0.05, 0.1) is 17.4 Å². The van der Waals surface area contributed by atoms with E-state index in [1.165, 1.54) is 0 Å². The fourth-order valence-electron chi connectivity index (χ4n) is 0.880. The molecule has 0 fully saturated rings. The van der Waals surface area contributed by atoms with Crippen LogP contribution in [0.1, 0.15) is 0 Å². The predicted molar refractivity (Wildman–Crippen MR) is 36.1 cm³/mol. The van der Waals surface area contributed by atoms with Gasteiger partial charge in [-0.1, -0.05) is 12.1 Å². The molecule has 0 saturated carbocycles. The maximum atomic E-state index is 4.06. The van der Waals surface area contributed by atoms with Crippen LogP contribution in [0.4, 0.5) is 0 Å². The van der Waals surface area contributed by atoms with Crippen molar-refractivity contribution in [2.75, 3.05) is 0 Å². The molecule has 0 aliphatic heterocycles. The first-order valence-corrected chi connectivity index (χ1v) is 2.85. The van der Waals surface area contributed by atoms with Gasteiger partial charge in [-0.2, -0.15) is 0 Å². The van der Waals surface area contributed by atoms with Crippen LogP contribution in [0, 0.1) is 0 Å². The molecule has 46 valence electrons. The summed E-state index contributed by atoms with van der Waals surface area (Å²) in [5.74, 6) is 0. The SMILES string of the molecule is [Zn].c1ccc2[nH]cnc2c1. The van der Waals surface area contributed by atoms with Crippen molar-refractivity contribution in [3.05, 3.63) is 30.6 Å². The number of hydrogen-bond donors (Lipinski definition) is 1. The monoisotopic (exact) mass is 182 g/mol. The zero-order valence-corrected chi connectivity index (χ0v) is 8.51. The molecule has 0 unspecified atom stereocenters. The minimum Gasteiger partial charge on any atom is -0.345 e. The minimum absolute atomic E-state index is 0. The van der Waals surface area contributed by atoms with Crippen molar-refractivity contribution >= 4 is 11.0 Å². The molecule has 2 nitrogen and oxygen atoms in total. The van der Waals surface area contributed by atoms with E-state index in [0.29, 0.717) is 0 Å². The molecule has 1 aromatic carbocycles. The van der Waals surface area contributed by atoms with Gasteiger partial charge in [0, 0.05) is 19.5 Å². The Morgan fingerprint density at radius 3 is 2.80 bits per heavy atom. The van der Waals surface area contributed by atoms with E-state index in [1.54, 1.807) is 6.33 Å². The van der Waals surface area contributed by atoms with Crippen LogP contribution in [-0.2, 0) is 19.5 Å². The third-order valence-corrected chi connectivity index (χ3v) is 1.33. The van der Waals surface area contributed by atoms with Crippen molar-refractivity contribution in [1.29, 1.82) is 0 Å². The van der Waals surface area contributed by atoms with Gasteiger partial charge in [-0.05, 0) is 12.1 Å². The maximum Gasteiger partial charge on any atom is 0.0931 e. The quantitative estimate of drug-likeness (QED) is 0.617. The van der Waals surface area contributed by atoms with Gasteiger partial charge in [-0.15, -0.1) is 0 Å². The van der Waals surface area contributed by atoms with Gasteiger partial charge < -0.3 is 4.98 Å². The van der Waals surface area contributed by atoms with Gasteiger partial charge in [0.1, 0.15) is 0 Å². The fourth-order valence-corrected chi connectivity index (χ4v) is 0.880. The van der Waals surface area contributed by atoms with Crippen LogP contribution in [0.15, 0.2) is 30.6 Å². The largest absolute Gasteiger partial charge is 0.345 e. The summed E-state index contributed by atoms with van der Waals surface area (Å²) in [6, 6.07) is 7.94. The first-order valence-electron chi connectivity index (χ1n) is 2.85. The number of fused-ring (bicyclic) bond motifs is 1. The van der Waals surface area contributed by atoms with Crippen molar-refractivity contribution in [3.63, 3.8) is 0 Å². The van der Waals surface area contributed by atoms with Crippen LogP contribution in [0.3, 0.4) is 0 Å². The summed E-state index contributed by atoms with van der Waals surface area (Å²) < 4.78 is 0. The molecular formula is C7H6N2Zn. The third kappa shape index (κ3) is 1.10. The second kappa shape index (κ2) is 2.93. The van der Waals surface area contributed by atoms with Crippen LogP contribution in [0.5, 0.6) is 0 Å². The van der Waals surface area contributed by atoms with E-state index in [1.807, 2.05) is 24.3 Å². The van der Waals surface area contributed by atoms with Gasteiger partial charge in [0.2, 0.25) is 0 Å². The zero-order valence-electron chi connectivity index (χ0n) is 5.54. The number of nitrogens with zero attached hydrogens (tertiary/aromatic N) is 1. The molecule has 0 radical (unpaired) electrons. The topological polar surface area (TPSA) is 28.7 Å². The Balaban J connectivity index is 0.000000500. The molecule has 0 atom stereocenters. The predicted octanol–water partition coefficient (Wildman–Crippen LogP) is 1.56. The van der Waals surface area contributed by atoms with Gasteiger partial charge in [-0.25, -0.2) is 4.98 Å². The number of aromatic amines is 1. The minimum atomic E-state index is 0. The Kier molecular flexibility index (Phi) is 2.18. The van der Waals surface area contributed by atoms with Crippen LogP contribution in [0.25, 0.3) is 11.0 Å². The summed E-state index contributed by atoms with van der Waals surface area (Å²) in [6.45, 7) is 0. The number of para-hydroxylation sites is 2. The number of benzene rings is 1. The number of hydrogen-bond acceptors (Lipinski definition) is 1. The van der Waals surface area contributed by atoms with Gasteiger partial charge >= 0.3 is 0 Å². The summed E-state index contributed by atoms with van der Waals surface area (Å²) in [7, 11) is 0. The van der Waals surface area contributed by atoms with Crippen LogP contribution >= 0.6 is 0 Å². The number of nitrogens with one attached hydrogen (secondary N) is 1. The molecule has 0 saturated heterocycles. The van der Waals surface area contributed by atoms with E-state index >= 15 is 0 Å². The van der Waals surface area contributed by atoms with Crippen LogP contribution in [-0.4, -0.2) is 9.97 Å². The molecule has 1 N–H and O–H groups in total. The van der Waals surface area contributed by atoms with Crippen molar-refractivity contribution in [2.45, 2.75) is 0 Å². The first kappa shape index (κ1) is 7.42. The number of rotatable bonds is 0. The van der Waals surface area contributed by atoms with Crippen molar-refractivity contribution in [3.8, 4) is 0 Å². The van der Waals surface area contributed by atoms with Gasteiger partial charge in [-0.3, -0.25) is 0 Å². The standard InChI is InChI=1S/C7H6N2.Zn/c1-2-4-7-6(3-1)8-5-9-7;/h1-5H,(H,8,9);. The Morgan fingerprint density at radius 2 is 2.00 bits per heavy atom. The van der Waals surface area contributed by atoms with E-state index in [9.17, 15) is 0 Å². The fraction of sp³-hybridized carbons (Fsp3) is 0. The molecule has 0 bridgehead atoms. The van der Waals surface area contributed by atoms with Crippen molar-refractivity contribution in [2.24, 2.45) is 0 Å². The molecule has 1 aromatic heterocycles. The smallest absolute Gasteiger partial charge is 0.0931 e.